The van der Waals surface area contributed by atoms with Gasteiger partial charge in [0.2, 0.25) is 0 Å². The number of fused-ring (bicyclic) bond motifs is 1. The molecule has 3 aromatic rings. The Hall–Kier alpha value is -0.680. The average molecular weight is 367 g/mol. The van der Waals surface area contributed by atoms with Gasteiger partial charge in [0.1, 0.15) is 0 Å². The SMILES string of the molecule is COCCc1ccc(C(Br)c2cc3sccc3s2)cc1. The van der Waals surface area contributed by atoms with E-state index in [1.165, 1.54) is 25.4 Å². The maximum atomic E-state index is 5.11. The zero-order chi connectivity index (χ0) is 13.9. The second kappa shape index (κ2) is 6.39. The molecule has 0 spiro atoms. The lowest BCUT2D eigenvalue weighted by Crippen LogP contribution is -1.95. The molecule has 2 heterocycles. The van der Waals surface area contributed by atoms with Gasteiger partial charge in [-0.1, -0.05) is 40.2 Å². The number of halogens is 1. The number of methoxy groups -OCH3 is 1. The second-order valence-electron chi connectivity index (χ2n) is 4.64. The number of thiophene rings is 2. The predicted octanol–water partition coefficient (Wildman–Crippen LogP) is 5.64. The van der Waals surface area contributed by atoms with Crippen molar-refractivity contribution in [3.8, 4) is 0 Å². The fraction of sp³-hybridized carbons (Fsp3) is 0.250. The van der Waals surface area contributed by atoms with Gasteiger partial charge in [-0.15, -0.1) is 22.7 Å². The van der Waals surface area contributed by atoms with Crippen molar-refractivity contribution >= 4 is 48.0 Å². The summed E-state index contributed by atoms with van der Waals surface area (Å²) in [7, 11) is 1.74. The van der Waals surface area contributed by atoms with Crippen LogP contribution in [0.5, 0.6) is 0 Å². The quantitative estimate of drug-likeness (QED) is 0.531. The van der Waals surface area contributed by atoms with E-state index in [4.69, 9.17) is 4.74 Å². The smallest absolute Gasteiger partial charge is 0.0738 e. The molecule has 20 heavy (non-hydrogen) atoms. The molecule has 0 N–H and O–H groups in total. The van der Waals surface area contributed by atoms with Crippen LogP contribution in [0.2, 0.25) is 0 Å². The Balaban J connectivity index is 1.79. The van der Waals surface area contributed by atoms with Crippen molar-refractivity contribution in [1.29, 1.82) is 0 Å². The highest BCUT2D eigenvalue weighted by atomic mass is 79.9. The highest BCUT2D eigenvalue weighted by Gasteiger charge is 2.14. The lowest BCUT2D eigenvalue weighted by Gasteiger charge is -2.09. The molecule has 3 rings (SSSR count). The third kappa shape index (κ3) is 2.98. The van der Waals surface area contributed by atoms with Gasteiger partial charge in [-0.3, -0.25) is 0 Å². The molecule has 0 saturated carbocycles. The third-order valence-corrected chi connectivity index (χ3v) is 6.76. The molecule has 104 valence electrons. The molecule has 0 fully saturated rings. The number of hydrogen-bond donors (Lipinski definition) is 0. The van der Waals surface area contributed by atoms with E-state index in [0.29, 0.717) is 0 Å². The van der Waals surface area contributed by atoms with Gasteiger partial charge in [0.15, 0.2) is 0 Å². The number of ether oxygens (including phenoxy) is 1. The summed E-state index contributed by atoms with van der Waals surface area (Å²) in [6, 6.07) is 13.3. The highest BCUT2D eigenvalue weighted by Crippen LogP contribution is 2.39. The van der Waals surface area contributed by atoms with Gasteiger partial charge in [-0.2, -0.15) is 0 Å². The van der Waals surface area contributed by atoms with Crippen molar-refractivity contribution in [2.45, 2.75) is 11.2 Å². The standard InChI is InChI=1S/C16H15BrOS2/c1-18-8-6-11-2-4-12(5-3-11)16(17)15-10-14-13(20-15)7-9-19-14/h2-5,7,9-10,16H,6,8H2,1H3. The number of rotatable bonds is 5. The molecule has 1 atom stereocenters. The molecule has 0 amide bonds. The van der Waals surface area contributed by atoms with Gasteiger partial charge in [0.25, 0.3) is 0 Å². The summed E-state index contributed by atoms with van der Waals surface area (Å²) in [6.45, 7) is 0.776. The van der Waals surface area contributed by atoms with Crippen LogP contribution in [-0.2, 0) is 11.2 Å². The van der Waals surface area contributed by atoms with Crippen LogP contribution in [0, 0.1) is 0 Å². The molecule has 0 radical (unpaired) electrons. The van der Waals surface area contributed by atoms with Crippen molar-refractivity contribution in [2.75, 3.05) is 13.7 Å². The van der Waals surface area contributed by atoms with E-state index in [1.807, 2.05) is 22.7 Å². The minimum absolute atomic E-state index is 0.281. The molecule has 1 unspecified atom stereocenters. The van der Waals surface area contributed by atoms with E-state index in [9.17, 15) is 0 Å². The second-order valence-corrected chi connectivity index (χ2v) is 7.62. The van der Waals surface area contributed by atoms with Gasteiger partial charge in [0, 0.05) is 21.4 Å². The van der Waals surface area contributed by atoms with Gasteiger partial charge >= 0.3 is 0 Å². The summed E-state index contributed by atoms with van der Waals surface area (Å²) >= 11 is 7.50. The van der Waals surface area contributed by atoms with Gasteiger partial charge < -0.3 is 4.74 Å². The molecular formula is C16H15BrOS2. The van der Waals surface area contributed by atoms with E-state index in [-0.39, 0.29) is 4.83 Å². The zero-order valence-corrected chi connectivity index (χ0v) is 14.4. The van der Waals surface area contributed by atoms with Crippen LogP contribution in [0.15, 0.2) is 41.8 Å². The highest BCUT2D eigenvalue weighted by molar-refractivity contribution is 9.09. The third-order valence-electron chi connectivity index (χ3n) is 3.28. The summed E-state index contributed by atoms with van der Waals surface area (Å²) in [6.07, 6.45) is 0.971. The lowest BCUT2D eigenvalue weighted by molar-refractivity contribution is 0.202. The van der Waals surface area contributed by atoms with Crippen LogP contribution < -0.4 is 0 Å². The summed E-state index contributed by atoms with van der Waals surface area (Å²) in [5, 5.41) is 2.15. The first-order valence-corrected chi connectivity index (χ1v) is 9.08. The number of alkyl halides is 1. The summed E-state index contributed by atoms with van der Waals surface area (Å²) in [5.74, 6) is 0. The molecule has 0 bridgehead atoms. The Morgan fingerprint density at radius 3 is 2.65 bits per heavy atom. The first kappa shape index (κ1) is 14.3. The molecule has 4 heteroatoms. The van der Waals surface area contributed by atoms with Crippen molar-refractivity contribution in [1.82, 2.24) is 0 Å². The molecule has 0 saturated heterocycles. The van der Waals surface area contributed by atoms with Gasteiger partial charge in [-0.05, 0) is 35.1 Å². The Morgan fingerprint density at radius 2 is 1.95 bits per heavy atom. The minimum atomic E-state index is 0.281. The average Bonchev–Trinajstić information content (AvgIpc) is 3.06. The number of hydrogen-bond acceptors (Lipinski definition) is 3. The zero-order valence-electron chi connectivity index (χ0n) is 11.1. The van der Waals surface area contributed by atoms with Crippen LogP contribution >= 0.6 is 38.6 Å². The summed E-state index contributed by atoms with van der Waals surface area (Å²) < 4.78 is 7.87. The van der Waals surface area contributed by atoms with Crippen LogP contribution in [0.3, 0.4) is 0 Å². The van der Waals surface area contributed by atoms with E-state index >= 15 is 0 Å². The number of benzene rings is 1. The fourth-order valence-electron chi connectivity index (χ4n) is 2.15. The van der Waals surface area contributed by atoms with Crippen molar-refractivity contribution < 1.29 is 4.74 Å². The van der Waals surface area contributed by atoms with E-state index < -0.39 is 0 Å². The van der Waals surface area contributed by atoms with Crippen molar-refractivity contribution in [3.63, 3.8) is 0 Å². The first-order chi connectivity index (χ1) is 9.78. The van der Waals surface area contributed by atoms with E-state index in [2.05, 4.69) is 57.7 Å². The summed E-state index contributed by atoms with van der Waals surface area (Å²) in [4.78, 5) is 1.65. The monoisotopic (exact) mass is 366 g/mol. The van der Waals surface area contributed by atoms with E-state index in [0.717, 1.165) is 13.0 Å². The normalized spacial score (nSPS) is 12.9. The molecular weight excluding hydrogens is 352 g/mol. The van der Waals surface area contributed by atoms with Crippen LogP contribution in [0.4, 0.5) is 0 Å². The molecule has 2 aromatic heterocycles. The first-order valence-electron chi connectivity index (χ1n) is 6.46. The van der Waals surface area contributed by atoms with Crippen molar-refractivity contribution in [2.24, 2.45) is 0 Å². The fourth-order valence-corrected chi connectivity index (χ4v) is 4.99. The van der Waals surface area contributed by atoms with Gasteiger partial charge in [-0.25, -0.2) is 0 Å². The van der Waals surface area contributed by atoms with Crippen LogP contribution in [0.1, 0.15) is 20.8 Å². The Labute approximate surface area is 135 Å². The van der Waals surface area contributed by atoms with Crippen LogP contribution in [-0.4, -0.2) is 13.7 Å². The largest absolute Gasteiger partial charge is 0.384 e. The molecule has 1 aromatic carbocycles. The Morgan fingerprint density at radius 1 is 1.15 bits per heavy atom. The maximum Gasteiger partial charge on any atom is 0.0738 e. The summed E-state index contributed by atoms with van der Waals surface area (Å²) in [5.41, 5.74) is 2.63. The lowest BCUT2D eigenvalue weighted by atomic mass is 10.1. The molecule has 1 nitrogen and oxygen atoms in total. The molecule has 0 aliphatic heterocycles. The van der Waals surface area contributed by atoms with Gasteiger partial charge in [0.05, 0.1) is 11.4 Å². The minimum Gasteiger partial charge on any atom is -0.384 e. The van der Waals surface area contributed by atoms with Crippen LogP contribution in [0.25, 0.3) is 9.40 Å². The van der Waals surface area contributed by atoms with Crippen molar-refractivity contribution in [3.05, 3.63) is 57.8 Å². The topological polar surface area (TPSA) is 9.23 Å². The Kier molecular flexibility index (Phi) is 4.56. The van der Waals surface area contributed by atoms with E-state index in [1.54, 1.807) is 7.11 Å². The Bertz CT molecular complexity index is 655. The predicted molar refractivity (Wildman–Crippen MR) is 92.5 cm³/mol. The molecule has 0 aliphatic carbocycles. The molecule has 0 aliphatic rings. The maximum absolute atomic E-state index is 5.11.